The third-order valence-corrected chi connectivity index (χ3v) is 4.05. The first-order chi connectivity index (χ1) is 11.8. The molecule has 0 amide bonds. The molecule has 0 heterocycles. The second-order valence-corrected chi connectivity index (χ2v) is 5.40. The Hall–Kier alpha value is -2.88. The maximum absolute atomic E-state index is 5.49. The molecule has 0 unspecified atom stereocenters. The van der Waals surface area contributed by atoms with Gasteiger partial charge < -0.3 is 19.5 Å². The first-order valence-corrected chi connectivity index (χ1v) is 7.77. The maximum Gasteiger partial charge on any atom is 0.164 e. The van der Waals surface area contributed by atoms with Crippen LogP contribution in [0.3, 0.4) is 0 Å². The van der Waals surface area contributed by atoms with E-state index in [9.17, 15) is 0 Å². The van der Waals surface area contributed by atoms with Crippen molar-refractivity contribution in [2.45, 2.75) is 6.54 Å². The van der Waals surface area contributed by atoms with Gasteiger partial charge in [-0.2, -0.15) is 0 Å². The average molecular weight is 323 g/mol. The van der Waals surface area contributed by atoms with Crippen molar-refractivity contribution >= 4 is 16.5 Å². The minimum atomic E-state index is 0.623. The van der Waals surface area contributed by atoms with Crippen LogP contribution in [-0.4, -0.2) is 21.3 Å². The number of ether oxygens (including phenoxy) is 3. The molecule has 0 aliphatic heterocycles. The van der Waals surface area contributed by atoms with Crippen molar-refractivity contribution in [3.63, 3.8) is 0 Å². The zero-order chi connectivity index (χ0) is 16.9. The Morgan fingerprint density at radius 2 is 1.42 bits per heavy atom. The molecule has 3 aromatic rings. The summed E-state index contributed by atoms with van der Waals surface area (Å²) in [6.07, 6.45) is 0. The van der Waals surface area contributed by atoms with Gasteiger partial charge in [0.1, 0.15) is 5.75 Å². The lowest BCUT2D eigenvalue weighted by Crippen LogP contribution is -2.03. The molecule has 24 heavy (non-hydrogen) atoms. The largest absolute Gasteiger partial charge is 0.496 e. The highest BCUT2D eigenvalue weighted by Crippen LogP contribution is 2.35. The van der Waals surface area contributed by atoms with E-state index in [1.807, 2.05) is 24.3 Å². The number of nitrogens with one attached hydrogen (secondary N) is 1. The summed E-state index contributed by atoms with van der Waals surface area (Å²) in [5, 5.41) is 5.89. The van der Waals surface area contributed by atoms with Gasteiger partial charge in [0.05, 0.1) is 21.3 Å². The highest BCUT2D eigenvalue weighted by molar-refractivity contribution is 5.93. The van der Waals surface area contributed by atoms with E-state index in [0.717, 1.165) is 17.0 Å². The van der Waals surface area contributed by atoms with Gasteiger partial charge in [0.25, 0.3) is 0 Å². The molecule has 0 atom stereocenters. The Morgan fingerprint density at radius 1 is 0.750 bits per heavy atom. The summed E-state index contributed by atoms with van der Waals surface area (Å²) in [6, 6.07) is 18.3. The number of benzene rings is 3. The fourth-order valence-electron chi connectivity index (χ4n) is 2.80. The van der Waals surface area contributed by atoms with Gasteiger partial charge in [0.15, 0.2) is 11.5 Å². The zero-order valence-electron chi connectivity index (χ0n) is 14.1. The van der Waals surface area contributed by atoms with Gasteiger partial charge >= 0.3 is 0 Å². The summed E-state index contributed by atoms with van der Waals surface area (Å²) in [4.78, 5) is 0. The van der Waals surface area contributed by atoms with E-state index in [-0.39, 0.29) is 0 Å². The number of hydrogen-bond donors (Lipinski definition) is 1. The summed E-state index contributed by atoms with van der Waals surface area (Å²) < 4.78 is 16.2. The van der Waals surface area contributed by atoms with Crippen LogP contribution in [0.15, 0.2) is 54.6 Å². The molecule has 1 N–H and O–H groups in total. The molecule has 0 bridgehead atoms. The van der Waals surface area contributed by atoms with Crippen molar-refractivity contribution in [2.75, 3.05) is 26.6 Å². The number of rotatable bonds is 6. The molecule has 0 aromatic heterocycles. The van der Waals surface area contributed by atoms with Crippen LogP contribution < -0.4 is 19.5 Å². The lowest BCUT2D eigenvalue weighted by atomic mass is 10.1. The SMILES string of the molecule is COc1cc(OC)c(OC)cc1CNc1cccc2ccccc12. The molecule has 0 saturated heterocycles. The number of anilines is 1. The average Bonchev–Trinajstić information content (AvgIpc) is 2.65. The summed E-state index contributed by atoms with van der Waals surface area (Å²) in [5.74, 6) is 2.11. The zero-order valence-corrected chi connectivity index (χ0v) is 14.1. The highest BCUT2D eigenvalue weighted by atomic mass is 16.5. The van der Waals surface area contributed by atoms with Gasteiger partial charge in [-0.25, -0.2) is 0 Å². The Morgan fingerprint density at radius 3 is 2.17 bits per heavy atom. The standard InChI is InChI=1S/C20H21NO3/c1-22-18-12-20(24-3)19(23-2)11-15(18)13-21-17-10-6-8-14-7-4-5-9-16(14)17/h4-12,21H,13H2,1-3H3. The molecule has 0 radical (unpaired) electrons. The quantitative estimate of drug-likeness (QED) is 0.726. The van der Waals surface area contributed by atoms with E-state index < -0.39 is 0 Å². The monoisotopic (exact) mass is 323 g/mol. The fraction of sp³-hybridized carbons (Fsp3) is 0.200. The van der Waals surface area contributed by atoms with Gasteiger partial charge in [-0.15, -0.1) is 0 Å². The van der Waals surface area contributed by atoms with Gasteiger partial charge in [-0.3, -0.25) is 0 Å². The van der Waals surface area contributed by atoms with Crippen LogP contribution in [-0.2, 0) is 6.54 Å². The smallest absolute Gasteiger partial charge is 0.164 e. The molecule has 0 aliphatic carbocycles. The maximum atomic E-state index is 5.49. The second kappa shape index (κ2) is 7.13. The molecule has 124 valence electrons. The van der Waals surface area contributed by atoms with E-state index in [2.05, 4.69) is 35.6 Å². The fourth-order valence-corrected chi connectivity index (χ4v) is 2.80. The number of hydrogen-bond acceptors (Lipinski definition) is 4. The first-order valence-electron chi connectivity index (χ1n) is 7.77. The number of methoxy groups -OCH3 is 3. The lowest BCUT2D eigenvalue weighted by Gasteiger charge is -2.15. The normalized spacial score (nSPS) is 10.5. The minimum Gasteiger partial charge on any atom is -0.496 e. The molecule has 3 aromatic carbocycles. The second-order valence-electron chi connectivity index (χ2n) is 5.40. The van der Waals surface area contributed by atoms with Crippen molar-refractivity contribution in [1.82, 2.24) is 0 Å². The summed E-state index contributed by atoms with van der Waals surface area (Å²) in [6.45, 7) is 0.623. The van der Waals surface area contributed by atoms with Crippen molar-refractivity contribution in [3.8, 4) is 17.2 Å². The summed E-state index contributed by atoms with van der Waals surface area (Å²) >= 11 is 0. The van der Waals surface area contributed by atoms with Gasteiger partial charge in [0.2, 0.25) is 0 Å². The predicted octanol–water partition coefficient (Wildman–Crippen LogP) is 4.48. The summed E-state index contributed by atoms with van der Waals surface area (Å²) in [5.41, 5.74) is 2.09. The topological polar surface area (TPSA) is 39.7 Å². The first kappa shape index (κ1) is 16.0. The predicted molar refractivity (Wildman–Crippen MR) is 97.4 cm³/mol. The molecule has 3 rings (SSSR count). The van der Waals surface area contributed by atoms with Crippen LogP contribution in [0.25, 0.3) is 10.8 Å². The number of fused-ring (bicyclic) bond motifs is 1. The third kappa shape index (κ3) is 3.08. The summed E-state index contributed by atoms with van der Waals surface area (Å²) in [7, 11) is 4.90. The molecular formula is C20H21NO3. The third-order valence-electron chi connectivity index (χ3n) is 4.05. The van der Waals surface area contributed by atoms with Crippen LogP contribution in [0.4, 0.5) is 5.69 Å². The van der Waals surface area contributed by atoms with E-state index in [1.54, 1.807) is 21.3 Å². The van der Waals surface area contributed by atoms with Crippen LogP contribution in [0.5, 0.6) is 17.2 Å². The van der Waals surface area contributed by atoms with E-state index in [1.165, 1.54) is 10.8 Å². The van der Waals surface area contributed by atoms with Crippen molar-refractivity contribution in [1.29, 1.82) is 0 Å². The van der Waals surface area contributed by atoms with Crippen LogP contribution in [0.2, 0.25) is 0 Å². The van der Waals surface area contributed by atoms with Crippen molar-refractivity contribution < 1.29 is 14.2 Å². The Labute approximate surface area is 142 Å². The Kier molecular flexibility index (Phi) is 4.75. The Bertz CT molecular complexity index is 840. The molecular weight excluding hydrogens is 302 g/mol. The van der Waals surface area contributed by atoms with Gasteiger partial charge in [-0.1, -0.05) is 36.4 Å². The van der Waals surface area contributed by atoms with Crippen molar-refractivity contribution in [3.05, 3.63) is 60.2 Å². The van der Waals surface area contributed by atoms with Gasteiger partial charge in [-0.05, 0) is 17.5 Å². The van der Waals surface area contributed by atoms with E-state index >= 15 is 0 Å². The highest BCUT2D eigenvalue weighted by Gasteiger charge is 2.12. The molecule has 4 nitrogen and oxygen atoms in total. The van der Waals surface area contributed by atoms with E-state index in [0.29, 0.717) is 18.0 Å². The lowest BCUT2D eigenvalue weighted by molar-refractivity contribution is 0.347. The van der Waals surface area contributed by atoms with Crippen LogP contribution in [0, 0.1) is 0 Å². The molecule has 0 fully saturated rings. The molecule has 0 spiro atoms. The van der Waals surface area contributed by atoms with Crippen molar-refractivity contribution in [2.24, 2.45) is 0 Å². The van der Waals surface area contributed by atoms with E-state index in [4.69, 9.17) is 14.2 Å². The molecule has 4 heteroatoms. The molecule has 0 saturated carbocycles. The Balaban J connectivity index is 1.90. The van der Waals surface area contributed by atoms with Gasteiger partial charge in [0, 0.05) is 29.2 Å². The minimum absolute atomic E-state index is 0.623. The van der Waals surface area contributed by atoms with Crippen LogP contribution >= 0.6 is 0 Å². The molecule has 0 aliphatic rings. The van der Waals surface area contributed by atoms with Crippen LogP contribution in [0.1, 0.15) is 5.56 Å².